The molecule has 5 nitrogen and oxygen atoms in total. The lowest BCUT2D eigenvalue weighted by Gasteiger charge is -2.49. The highest BCUT2D eigenvalue weighted by molar-refractivity contribution is 5.49. The van der Waals surface area contributed by atoms with Crippen molar-refractivity contribution in [3.8, 4) is 0 Å². The van der Waals surface area contributed by atoms with E-state index >= 15 is 0 Å². The average Bonchev–Trinajstić information content (AvgIpc) is 3.17. The first-order valence-electron chi connectivity index (χ1n) is 9.83. The molecular formula is C22H24N4O. The maximum Gasteiger partial charge on any atom is 0.222 e. The van der Waals surface area contributed by atoms with Crippen LogP contribution in [0, 0.1) is 5.92 Å². The van der Waals surface area contributed by atoms with E-state index in [0.29, 0.717) is 11.8 Å². The van der Waals surface area contributed by atoms with Gasteiger partial charge in [0.25, 0.3) is 0 Å². The fraction of sp³-hybridized carbons (Fsp3) is 0.409. The Morgan fingerprint density at radius 3 is 2.85 bits per heavy atom. The molecule has 2 aliphatic rings. The minimum Gasteiger partial charge on any atom is -0.361 e. The monoisotopic (exact) mass is 360 g/mol. The molecule has 2 heterocycles. The zero-order chi connectivity index (χ0) is 18.4. The number of aromatic nitrogens is 3. The molecule has 0 spiro atoms. The summed E-state index contributed by atoms with van der Waals surface area (Å²) in [6, 6.07) is 10.9. The fourth-order valence-corrected chi connectivity index (χ4v) is 5.29. The van der Waals surface area contributed by atoms with Gasteiger partial charge in [-0.05, 0) is 43.2 Å². The van der Waals surface area contributed by atoms with Crippen molar-refractivity contribution < 1.29 is 4.52 Å². The van der Waals surface area contributed by atoms with E-state index < -0.39 is 0 Å². The van der Waals surface area contributed by atoms with E-state index in [1.54, 1.807) is 0 Å². The van der Waals surface area contributed by atoms with Crippen LogP contribution in [0.2, 0.25) is 0 Å². The summed E-state index contributed by atoms with van der Waals surface area (Å²) in [5.41, 5.74) is 4.81. The number of fused-ring (bicyclic) bond motifs is 4. The van der Waals surface area contributed by atoms with E-state index in [9.17, 15) is 0 Å². The minimum absolute atomic E-state index is 0.167. The van der Waals surface area contributed by atoms with E-state index in [1.165, 1.54) is 22.4 Å². The van der Waals surface area contributed by atoms with Crippen LogP contribution in [0.4, 0.5) is 5.95 Å². The van der Waals surface area contributed by atoms with Gasteiger partial charge in [-0.1, -0.05) is 42.4 Å². The fourth-order valence-electron chi connectivity index (χ4n) is 5.29. The van der Waals surface area contributed by atoms with Gasteiger partial charge in [-0.25, -0.2) is 9.97 Å². The Morgan fingerprint density at radius 1 is 1.19 bits per heavy atom. The molecule has 27 heavy (non-hydrogen) atoms. The number of hydrogen-bond donors (Lipinski definition) is 1. The summed E-state index contributed by atoms with van der Waals surface area (Å²) in [5, 5.41) is 7.41. The summed E-state index contributed by atoms with van der Waals surface area (Å²) in [4.78, 5) is 9.60. The van der Waals surface area contributed by atoms with Crippen molar-refractivity contribution in [1.82, 2.24) is 15.1 Å². The van der Waals surface area contributed by atoms with Gasteiger partial charge in [0.15, 0.2) is 0 Å². The van der Waals surface area contributed by atoms with E-state index in [2.05, 4.69) is 59.6 Å². The van der Waals surface area contributed by atoms with Crippen LogP contribution in [0.25, 0.3) is 0 Å². The highest BCUT2D eigenvalue weighted by atomic mass is 16.5. The molecule has 0 saturated carbocycles. The van der Waals surface area contributed by atoms with Gasteiger partial charge in [-0.15, -0.1) is 0 Å². The highest BCUT2D eigenvalue weighted by Crippen LogP contribution is 2.56. The molecule has 5 heteroatoms. The number of aryl methyl sites for hydroxylation is 1. The van der Waals surface area contributed by atoms with Crippen LogP contribution in [0.15, 0.2) is 47.2 Å². The molecule has 0 amide bonds. The molecule has 138 valence electrons. The molecule has 0 aliphatic heterocycles. The second-order valence-electron chi connectivity index (χ2n) is 7.76. The molecule has 1 N–H and O–H groups in total. The molecule has 3 atom stereocenters. The van der Waals surface area contributed by atoms with Crippen molar-refractivity contribution in [3.05, 3.63) is 70.9 Å². The smallest absolute Gasteiger partial charge is 0.222 e. The first-order valence-corrected chi connectivity index (χ1v) is 9.83. The van der Waals surface area contributed by atoms with E-state index in [4.69, 9.17) is 9.51 Å². The Labute approximate surface area is 159 Å². The van der Waals surface area contributed by atoms with E-state index in [0.717, 1.165) is 37.5 Å². The SMILES string of the molecule is CCNc1ncc2c(n1)[C@@]1(c3ccccc3)Cc3cnoc3[C@@H](C)[C@@H]1CC2. The summed E-state index contributed by atoms with van der Waals surface area (Å²) < 4.78 is 5.65. The van der Waals surface area contributed by atoms with Crippen molar-refractivity contribution in [2.45, 2.75) is 44.4 Å². The van der Waals surface area contributed by atoms with Gasteiger partial charge in [-0.3, -0.25) is 0 Å². The van der Waals surface area contributed by atoms with Gasteiger partial charge >= 0.3 is 0 Å². The van der Waals surface area contributed by atoms with Crippen molar-refractivity contribution in [2.24, 2.45) is 5.92 Å². The number of nitrogens with one attached hydrogen (secondary N) is 1. The Hall–Kier alpha value is -2.69. The van der Waals surface area contributed by atoms with Crippen molar-refractivity contribution in [2.75, 3.05) is 11.9 Å². The maximum absolute atomic E-state index is 5.65. The molecule has 0 radical (unpaired) electrons. The van der Waals surface area contributed by atoms with Crippen LogP contribution in [-0.4, -0.2) is 21.7 Å². The first-order chi connectivity index (χ1) is 13.2. The minimum atomic E-state index is -0.167. The normalized spacial score (nSPS) is 26.0. The van der Waals surface area contributed by atoms with Crippen LogP contribution in [0.3, 0.4) is 0 Å². The zero-order valence-corrected chi connectivity index (χ0v) is 15.8. The van der Waals surface area contributed by atoms with Crippen molar-refractivity contribution in [3.63, 3.8) is 0 Å². The molecule has 0 unspecified atom stereocenters. The van der Waals surface area contributed by atoms with Crippen molar-refractivity contribution >= 4 is 5.95 Å². The average molecular weight is 360 g/mol. The van der Waals surface area contributed by atoms with Crippen LogP contribution in [-0.2, 0) is 18.3 Å². The molecule has 0 saturated heterocycles. The number of anilines is 1. The van der Waals surface area contributed by atoms with Gasteiger partial charge < -0.3 is 9.84 Å². The third-order valence-corrected chi connectivity index (χ3v) is 6.43. The molecule has 0 fully saturated rings. The summed E-state index contributed by atoms with van der Waals surface area (Å²) in [5.74, 6) is 2.51. The largest absolute Gasteiger partial charge is 0.361 e. The van der Waals surface area contributed by atoms with Crippen LogP contribution < -0.4 is 5.32 Å². The standard InChI is InChI=1S/C22H24N4O/c1-3-23-21-24-12-15-9-10-18-14(2)19-16(13-25-27-19)11-22(18,20(15)26-21)17-7-5-4-6-8-17/h4-8,12-14,18H,3,9-11H2,1-2H3,(H,23,24,26)/t14-,18-,22+/m0/s1. The van der Waals surface area contributed by atoms with Gasteiger partial charge in [0, 0.05) is 29.6 Å². The Kier molecular flexibility index (Phi) is 3.78. The number of hydrogen-bond acceptors (Lipinski definition) is 5. The van der Waals surface area contributed by atoms with E-state index in [1.807, 2.05) is 12.4 Å². The first kappa shape index (κ1) is 16.5. The molecule has 0 bridgehead atoms. The van der Waals surface area contributed by atoms with Crippen LogP contribution >= 0.6 is 0 Å². The van der Waals surface area contributed by atoms with Gasteiger partial charge in [0.1, 0.15) is 5.76 Å². The number of nitrogens with zero attached hydrogens (tertiary/aromatic N) is 3. The van der Waals surface area contributed by atoms with Gasteiger partial charge in [-0.2, -0.15) is 0 Å². The summed E-state index contributed by atoms with van der Waals surface area (Å²) >= 11 is 0. The summed E-state index contributed by atoms with van der Waals surface area (Å²) in [6.45, 7) is 5.17. The number of benzene rings is 1. The topological polar surface area (TPSA) is 63.8 Å². The van der Waals surface area contributed by atoms with Crippen LogP contribution in [0.1, 0.15) is 54.3 Å². The van der Waals surface area contributed by atoms with Gasteiger partial charge in [0.05, 0.1) is 11.9 Å². The Bertz CT molecular complexity index is 967. The Balaban J connectivity index is 1.78. The molecule has 5 rings (SSSR count). The van der Waals surface area contributed by atoms with Crippen LogP contribution in [0.5, 0.6) is 0 Å². The third-order valence-electron chi connectivity index (χ3n) is 6.43. The predicted molar refractivity (Wildman–Crippen MR) is 104 cm³/mol. The quantitative estimate of drug-likeness (QED) is 0.762. The lowest BCUT2D eigenvalue weighted by molar-refractivity contribution is 0.189. The highest BCUT2D eigenvalue weighted by Gasteiger charge is 2.53. The molecule has 2 aromatic heterocycles. The molecular weight excluding hydrogens is 336 g/mol. The van der Waals surface area contributed by atoms with Gasteiger partial charge in [0.2, 0.25) is 5.95 Å². The number of rotatable bonds is 3. The molecule has 1 aromatic carbocycles. The molecule has 3 aromatic rings. The molecule has 2 aliphatic carbocycles. The lowest BCUT2D eigenvalue weighted by Crippen LogP contribution is -2.48. The second-order valence-corrected chi connectivity index (χ2v) is 7.76. The van der Waals surface area contributed by atoms with Crippen molar-refractivity contribution in [1.29, 1.82) is 0 Å². The zero-order valence-electron chi connectivity index (χ0n) is 15.8. The maximum atomic E-state index is 5.65. The second kappa shape index (κ2) is 6.19. The summed E-state index contributed by atoms with van der Waals surface area (Å²) in [7, 11) is 0. The van der Waals surface area contributed by atoms with E-state index in [-0.39, 0.29) is 5.41 Å². The Morgan fingerprint density at radius 2 is 2.04 bits per heavy atom. The predicted octanol–water partition coefficient (Wildman–Crippen LogP) is 4.10. The summed E-state index contributed by atoms with van der Waals surface area (Å²) in [6.07, 6.45) is 6.91. The third kappa shape index (κ3) is 2.34. The lowest BCUT2D eigenvalue weighted by atomic mass is 9.53.